The summed E-state index contributed by atoms with van der Waals surface area (Å²) in [5.74, 6) is 0.168. The van der Waals surface area contributed by atoms with Crippen LogP contribution in [0.2, 0.25) is 0 Å². The van der Waals surface area contributed by atoms with E-state index < -0.39 is 11.4 Å². The van der Waals surface area contributed by atoms with Crippen molar-refractivity contribution in [3.63, 3.8) is 0 Å². The molecule has 0 spiro atoms. The van der Waals surface area contributed by atoms with Crippen LogP contribution in [0, 0.1) is 0 Å². The number of allylic oxidation sites excluding steroid dienone is 3. The van der Waals surface area contributed by atoms with E-state index in [4.69, 9.17) is 13.9 Å². The first-order valence-electron chi connectivity index (χ1n) is 12.8. The minimum absolute atomic E-state index is 0.147. The molecule has 0 aliphatic heterocycles. The molecule has 0 unspecified atom stereocenters. The van der Waals surface area contributed by atoms with Crippen LogP contribution in [0.5, 0.6) is 17.2 Å². The first-order valence-corrected chi connectivity index (χ1v) is 12.8. The Morgan fingerprint density at radius 1 is 0.971 bits per heavy atom. The zero-order chi connectivity index (χ0) is 24.8. The number of fused-ring (bicyclic) bond motifs is 1. The Morgan fingerprint density at radius 3 is 2.38 bits per heavy atom. The van der Waals surface area contributed by atoms with Gasteiger partial charge in [0.1, 0.15) is 23.3 Å². The molecule has 0 atom stereocenters. The van der Waals surface area contributed by atoms with Crippen LogP contribution in [0.4, 0.5) is 0 Å². The number of ether oxygens (including phenoxy) is 2. The third kappa shape index (κ3) is 9.28. The predicted molar refractivity (Wildman–Crippen MR) is 140 cm³/mol. The Balaban J connectivity index is 2.02. The SMILES string of the molecule is CCCCCCCCCCOc1c(O)c(=O)oc2cccc(OCC=C(C)CCC=C(C)C)c12. The van der Waals surface area contributed by atoms with Crippen LogP contribution in [0.25, 0.3) is 11.0 Å². The summed E-state index contributed by atoms with van der Waals surface area (Å²) < 4.78 is 17.2. The second kappa shape index (κ2) is 15.3. The monoisotopic (exact) mass is 470 g/mol. The molecule has 0 aliphatic carbocycles. The standard InChI is InChI=1S/C29H42O5/c1-5-6-7-8-9-10-11-12-20-33-28-26-24(17-14-18-25(26)34-29(31)27(28)30)32-21-19-23(4)16-13-15-22(2)3/h14-15,17-19,30H,5-13,16,20-21H2,1-4H3. The number of unbranched alkanes of at least 4 members (excludes halogenated alkanes) is 7. The Labute approximate surface area is 204 Å². The lowest BCUT2D eigenvalue weighted by Gasteiger charge is -2.13. The molecule has 188 valence electrons. The van der Waals surface area contributed by atoms with Crippen molar-refractivity contribution in [1.29, 1.82) is 0 Å². The second-order valence-electron chi connectivity index (χ2n) is 9.20. The second-order valence-corrected chi connectivity index (χ2v) is 9.20. The van der Waals surface area contributed by atoms with Crippen molar-refractivity contribution < 1.29 is 19.0 Å². The average molecular weight is 471 g/mol. The molecule has 0 radical (unpaired) electrons. The van der Waals surface area contributed by atoms with Gasteiger partial charge in [-0.05, 0) is 58.2 Å². The maximum Gasteiger partial charge on any atom is 0.382 e. The minimum Gasteiger partial charge on any atom is -0.499 e. The summed E-state index contributed by atoms with van der Waals surface area (Å²) in [4.78, 5) is 12.1. The number of hydrogen-bond acceptors (Lipinski definition) is 5. The van der Waals surface area contributed by atoms with Crippen molar-refractivity contribution in [2.75, 3.05) is 13.2 Å². The smallest absolute Gasteiger partial charge is 0.382 e. The highest BCUT2D eigenvalue weighted by molar-refractivity contribution is 5.91. The molecular weight excluding hydrogens is 428 g/mol. The molecule has 0 amide bonds. The molecule has 5 heteroatoms. The molecule has 34 heavy (non-hydrogen) atoms. The minimum atomic E-state index is -0.800. The lowest BCUT2D eigenvalue weighted by Crippen LogP contribution is -2.06. The Hall–Kier alpha value is -2.69. The van der Waals surface area contributed by atoms with Gasteiger partial charge in [-0.3, -0.25) is 0 Å². The Morgan fingerprint density at radius 2 is 1.68 bits per heavy atom. The quantitative estimate of drug-likeness (QED) is 0.152. The van der Waals surface area contributed by atoms with Gasteiger partial charge in [0.05, 0.1) is 6.61 Å². The fourth-order valence-corrected chi connectivity index (χ4v) is 3.81. The fraction of sp³-hybridized carbons (Fsp3) is 0.552. The van der Waals surface area contributed by atoms with Gasteiger partial charge in [-0.15, -0.1) is 0 Å². The van der Waals surface area contributed by atoms with Gasteiger partial charge >= 0.3 is 5.63 Å². The van der Waals surface area contributed by atoms with Gasteiger partial charge in [0, 0.05) is 0 Å². The van der Waals surface area contributed by atoms with Crippen LogP contribution in [-0.4, -0.2) is 18.3 Å². The third-order valence-electron chi connectivity index (χ3n) is 5.83. The first kappa shape index (κ1) is 27.6. The molecule has 0 aliphatic rings. The van der Waals surface area contributed by atoms with Crippen molar-refractivity contribution in [1.82, 2.24) is 0 Å². The van der Waals surface area contributed by atoms with Crippen LogP contribution in [0.15, 0.2) is 50.7 Å². The van der Waals surface area contributed by atoms with Gasteiger partial charge in [-0.25, -0.2) is 4.79 Å². The van der Waals surface area contributed by atoms with Crippen LogP contribution in [-0.2, 0) is 0 Å². The van der Waals surface area contributed by atoms with Gasteiger partial charge in [0.15, 0.2) is 5.75 Å². The molecule has 2 rings (SSSR count). The van der Waals surface area contributed by atoms with Gasteiger partial charge in [-0.2, -0.15) is 0 Å². The van der Waals surface area contributed by atoms with Crippen molar-refractivity contribution in [2.45, 2.75) is 91.9 Å². The summed E-state index contributed by atoms with van der Waals surface area (Å²) >= 11 is 0. The van der Waals surface area contributed by atoms with Gasteiger partial charge in [-0.1, -0.05) is 75.2 Å². The largest absolute Gasteiger partial charge is 0.499 e. The molecule has 1 heterocycles. The fourth-order valence-electron chi connectivity index (χ4n) is 3.81. The zero-order valence-electron chi connectivity index (χ0n) is 21.5. The number of hydrogen-bond donors (Lipinski definition) is 1. The summed E-state index contributed by atoms with van der Waals surface area (Å²) in [5, 5.41) is 10.9. The maximum absolute atomic E-state index is 12.1. The third-order valence-corrected chi connectivity index (χ3v) is 5.83. The van der Waals surface area contributed by atoms with Crippen LogP contribution in [0.1, 0.15) is 91.9 Å². The molecule has 0 bridgehead atoms. The zero-order valence-corrected chi connectivity index (χ0v) is 21.5. The number of aromatic hydroxyl groups is 1. The highest BCUT2D eigenvalue weighted by Crippen LogP contribution is 2.38. The molecule has 5 nitrogen and oxygen atoms in total. The van der Waals surface area contributed by atoms with E-state index in [2.05, 4.69) is 39.8 Å². The van der Waals surface area contributed by atoms with Gasteiger partial charge < -0.3 is 19.0 Å². The first-order chi connectivity index (χ1) is 16.4. The van der Waals surface area contributed by atoms with Crippen LogP contribution in [0.3, 0.4) is 0 Å². The highest BCUT2D eigenvalue weighted by atomic mass is 16.5. The summed E-state index contributed by atoms with van der Waals surface area (Å²) in [7, 11) is 0. The normalized spacial score (nSPS) is 11.6. The van der Waals surface area contributed by atoms with Crippen molar-refractivity contribution in [3.05, 3.63) is 51.9 Å². The molecule has 0 saturated heterocycles. The molecule has 0 fully saturated rings. The van der Waals surface area contributed by atoms with Crippen molar-refractivity contribution in [3.8, 4) is 17.2 Å². The van der Waals surface area contributed by atoms with E-state index in [9.17, 15) is 9.90 Å². The summed E-state index contributed by atoms with van der Waals surface area (Å²) in [6.07, 6.45) is 15.8. The van der Waals surface area contributed by atoms with E-state index in [0.717, 1.165) is 25.7 Å². The number of benzene rings is 1. The van der Waals surface area contributed by atoms with E-state index in [1.165, 1.54) is 49.7 Å². The molecule has 1 aromatic heterocycles. The van der Waals surface area contributed by atoms with E-state index >= 15 is 0 Å². The summed E-state index contributed by atoms with van der Waals surface area (Å²) in [6, 6.07) is 5.26. The summed E-state index contributed by atoms with van der Waals surface area (Å²) in [6.45, 7) is 9.34. The summed E-state index contributed by atoms with van der Waals surface area (Å²) in [5.41, 5.74) is 2.11. The van der Waals surface area contributed by atoms with E-state index in [1.54, 1.807) is 18.2 Å². The van der Waals surface area contributed by atoms with Crippen LogP contribution < -0.4 is 15.1 Å². The van der Waals surface area contributed by atoms with E-state index in [1.807, 2.05) is 0 Å². The topological polar surface area (TPSA) is 68.9 Å². The van der Waals surface area contributed by atoms with Crippen molar-refractivity contribution >= 4 is 11.0 Å². The predicted octanol–water partition coefficient (Wildman–Crippen LogP) is 8.09. The molecule has 1 N–H and O–H groups in total. The lowest BCUT2D eigenvalue weighted by atomic mass is 10.1. The molecule has 0 saturated carbocycles. The van der Waals surface area contributed by atoms with E-state index in [-0.39, 0.29) is 5.75 Å². The highest BCUT2D eigenvalue weighted by Gasteiger charge is 2.19. The van der Waals surface area contributed by atoms with Crippen molar-refractivity contribution in [2.24, 2.45) is 0 Å². The maximum atomic E-state index is 12.1. The Bertz CT molecular complexity index is 995. The molecular formula is C29H42O5. The number of rotatable bonds is 16. The van der Waals surface area contributed by atoms with Crippen LogP contribution >= 0.6 is 0 Å². The van der Waals surface area contributed by atoms with Gasteiger partial charge in [0.2, 0.25) is 5.75 Å². The molecule has 1 aromatic carbocycles. The Kier molecular flexibility index (Phi) is 12.4. The van der Waals surface area contributed by atoms with Gasteiger partial charge in [0.25, 0.3) is 0 Å². The van der Waals surface area contributed by atoms with E-state index in [0.29, 0.717) is 29.9 Å². The average Bonchev–Trinajstić information content (AvgIpc) is 2.80. The lowest BCUT2D eigenvalue weighted by molar-refractivity contribution is 0.283. The molecule has 2 aromatic rings.